The van der Waals surface area contributed by atoms with Crippen LogP contribution >= 0.6 is 0 Å². The topological polar surface area (TPSA) is 94.4 Å². The zero-order valence-corrected chi connectivity index (χ0v) is 7.72. The lowest BCUT2D eigenvalue weighted by molar-refractivity contribution is 0.103. The number of aliphatic hydroxyl groups excluding tert-OH is 1. The first-order valence-electron chi connectivity index (χ1n) is 4.63. The van der Waals surface area contributed by atoms with E-state index in [9.17, 15) is 0 Å². The summed E-state index contributed by atoms with van der Waals surface area (Å²) in [5.74, 6) is 0.791. The summed E-state index contributed by atoms with van der Waals surface area (Å²) in [5, 5.41) is 12.5. The third-order valence-electron chi connectivity index (χ3n) is 2.19. The molecule has 1 fully saturated rings. The van der Waals surface area contributed by atoms with E-state index in [0.717, 1.165) is 19.4 Å². The quantitative estimate of drug-likeness (QED) is 0.706. The summed E-state index contributed by atoms with van der Waals surface area (Å²) in [4.78, 5) is 4.08. The molecular formula is C8H13N3O3. The second-order valence-corrected chi connectivity index (χ2v) is 3.28. The van der Waals surface area contributed by atoms with Crippen molar-refractivity contribution in [3.8, 4) is 0 Å². The Bertz CT molecular complexity index is 296. The zero-order chi connectivity index (χ0) is 9.97. The monoisotopic (exact) mass is 199 g/mol. The van der Waals surface area contributed by atoms with E-state index < -0.39 is 6.04 Å². The number of nitrogens with two attached hydrogens (primary N) is 1. The highest BCUT2D eigenvalue weighted by Crippen LogP contribution is 2.26. The summed E-state index contributed by atoms with van der Waals surface area (Å²) < 4.78 is 10.3. The third-order valence-corrected chi connectivity index (χ3v) is 2.19. The molecule has 1 saturated heterocycles. The van der Waals surface area contributed by atoms with Crippen LogP contribution < -0.4 is 5.73 Å². The molecule has 0 aromatic carbocycles. The molecule has 2 heterocycles. The fourth-order valence-electron chi connectivity index (χ4n) is 1.39. The van der Waals surface area contributed by atoms with E-state index in [1.807, 2.05) is 0 Å². The van der Waals surface area contributed by atoms with Gasteiger partial charge in [-0.15, -0.1) is 0 Å². The highest BCUT2D eigenvalue weighted by atomic mass is 16.5. The Morgan fingerprint density at radius 3 is 3.14 bits per heavy atom. The second kappa shape index (κ2) is 4.04. The highest BCUT2D eigenvalue weighted by molar-refractivity contribution is 4.96. The Kier molecular flexibility index (Phi) is 2.76. The molecule has 14 heavy (non-hydrogen) atoms. The molecule has 1 aliphatic rings. The summed E-state index contributed by atoms with van der Waals surface area (Å²) >= 11 is 0. The van der Waals surface area contributed by atoms with Crippen molar-refractivity contribution in [2.24, 2.45) is 5.73 Å². The van der Waals surface area contributed by atoms with Crippen LogP contribution in [-0.2, 0) is 4.74 Å². The molecule has 3 N–H and O–H groups in total. The molecule has 2 rings (SSSR count). The van der Waals surface area contributed by atoms with Crippen molar-refractivity contribution < 1.29 is 14.4 Å². The Balaban J connectivity index is 2.08. The summed E-state index contributed by atoms with van der Waals surface area (Å²) in [6.07, 6.45) is 1.85. The minimum absolute atomic E-state index is 0.0709. The number of aliphatic hydroxyl groups is 1. The molecule has 0 saturated carbocycles. The normalized spacial score (nSPS) is 24.0. The minimum Gasteiger partial charge on any atom is -0.394 e. The summed E-state index contributed by atoms with van der Waals surface area (Å²) in [7, 11) is 0. The van der Waals surface area contributed by atoms with Crippen LogP contribution in [-0.4, -0.2) is 28.5 Å². The molecule has 2 atom stereocenters. The van der Waals surface area contributed by atoms with Crippen molar-refractivity contribution in [1.29, 1.82) is 0 Å². The largest absolute Gasteiger partial charge is 0.394 e. The van der Waals surface area contributed by atoms with Crippen molar-refractivity contribution in [2.45, 2.75) is 25.0 Å². The van der Waals surface area contributed by atoms with Crippen molar-refractivity contribution in [3.05, 3.63) is 11.7 Å². The van der Waals surface area contributed by atoms with Crippen LogP contribution in [0.3, 0.4) is 0 Å². The van der Waals surface area contributed by atoms with Gasteiger partial charge in [0.15, 0.2) is 0 Å². The van der Waals surface area contributed by atoms with Gasteiger partial charge in [0.1, 0.15) is 12.1 Å². The molecule has 0 spiro atoms. The van der Waals surface area contributed by atoms with E-state index in [1.54, 1.807) is 0 Å². The first kappa shape index (κ1) is 9.57. The lowest BCUT2D eigenvalue weighted by Gasteiger charge is -2.01. The van der Waals surface area contributed by atoms with Crippen molar-refractivity contribution >= 4 is 0 Å². The molecule has 0 radical (unpaired) electrons. The Hall–Kier alpha value is -0.980. The molecule has 0 bridgehead atoms. The number of hydrogen-bond acceptors (Lipinski definition) is 6. The standard InChI is InChI=1S/C8H13N3O3/c9-5(4-12)8-10-7(11-14-8)6-2-1-3-13-6/h5-6,12H,1-4,9H2. The van der Waals surface area contributed by atoms with E-state index in [-0.39, 0.29) is 18.6 Å². The SMILES string of the molecule is NC(CO)c1nc(C2CCCO2)no1. The number of nitrogens with zero attached hydrogens (tertiary/aromatic N) is 2. The Labute approximate surface area is 81.0 Å². The smallest absolute Gasteiger partial charge is 0.246 e. The van der Waals surface area contributed by atoms with Gasteiger partial charge in [0.25, 0.3) is 0 Å². The molecule has 1 aromatic heterocycles. The number of rotatable bonds is 3. The maximum Gasteiger partial charge on any atom is 0.246 e. The lowest BCUT2D eigenvalue weighted by atomic mass is 10.2. The maximum absolute atomic E-state index is 8.78. The molecule has 6 heteroatoms. The maximum atomic E-state index is 8.78. The van der Waals surface area contributed by atoms with Crippen LogP contribution in [0.1, 0.15) is 36.7 Å². The van der Waals surface area contributed by atoms with Crippen LogP contribution in [0.4, 0.5) is 0 Å². The fraction of sp³-hybridized carbons (Fsp3) is 0.750. The van der Waals surface area contributed by atoms with Gasteiger partial charge in [-0.25, -0.2) is 0 Å². The number of hydrogen-bond donors (Lipinski definition) is 2. The van der Waals surface area contributed by atoms with Gasteiger partial charge >= 0.3 is 0 Å². The van der Waals surface area contributed by atoms with Gasteiger partial charge in [0.2, 0.25) is 11.7 Å². The van der Waals surface area contributed by atoms with Gasteiger partial charge in [-0.3, -0.25) is 0 Å². The molecule has 0 aliphatic carbocycles. The van der Waals surface area contributed by atoms with Crippen LogP contribution in [0.15, 0.2) is 4.52 Å². The van der Waals surface area contributed by atoms with Gasteiger partial charge in [0, 0.05) is 6.61 Å². The molecule has 1 aromatic rings. The van der Waals surface area contributed by atoms with Gasteiger partial charge in [-0.2, -0.15) is 4.98 Å². The zero-order valence-electron chi connectivity index (χ0n) is 7.72. The first-order valence-corrected chi connectivity index (χ1v) is 4.63. The van der Waals surface area contributed by atoms with Crippen molar-refractivity contribution in [2.75, 3.05) is 13.2 Å². The lowest BCUT2D eigenvalue weighted by Crippen LogP contribution is -2.15. The predicted octanol–water partition coefficient (Wildman–Crippen LogP) is -0.0868. The van der Waals surface area contributed by atoms with Gasteiger partial charge in [-0.05, 0) is 12.8 Å². The third kappa shape index (κ3) is 1.77. The molecule has 78 valence electrons. The highest BCUT2D eigenvalue weighted by Gasteiger charge is 2.24. The van der Waals surface area contributed by atoms with E-state index >= 15 is 0 Å². The van der Waals surface area contributed by atoms with Crippen LogP contribution in [0.5, 0.6) is 0 Å². The summed E-state index contributed by atoms with van der Waals surface area (Å²) in [6, 6.07) is -0.599. The van der Waals surface area contributed by atoms with Gasteiger partial charge < -0.3 is 20.1 Å². The van der Waals surface area contributed by atoms with Crippen LogP contribution in [0.25, 0.3) is 0 Å². The van der Waals surface area contributed by atoms with Crippen LogP contribution in [0, 0.1) is 0 Å². The van der Waals surface area contributed by atoms with Gasteiger partial charge in [0.05, 0.1) is 6.61 Å². The van der Waals surface area contributed by atoms with E-state index in [1.165, 1.54) is 0 Å². The summed E-state index contributed by atoms with van der Waals surface area (Å²) in [6.45, 7) is 0.535. The number of aromatic nitrogens is 2. The average Bonchev–Trinajstić information content (AvgIpc) is 2.86. The predicted molar refractivity (Wildman–Crippen MR) is 46.2 cm³/mol. The average molecular weight is 199 g/mol. The van der Waals surface area contributed by atoms with Crippen LogP contribution in [0.2, 0.25) is 0 Å². The minimum atomic E-state index is -0.599. The van der Waals surface area contributed by atoms with Crippen molar-refractivity contribution in [1.82, 2.24) is 10.1 Å². The molecule has 2 unspecified atom stereocenters. The first-order chi connectivity index (χ1) is 6.81. The Morgan fingerprint density at radius 1 is 1.64 bits per heavy atom. The molecule has 6 nitrogen and oxygen atoms in total. The van der Waals surface area contributed by atoms with Crippen molar-refractivity contribution in [3.63, 3.8) is 0 Å². The second-order valence-electron chi connectivity index (χ2n) is 3.28. The number of ether oxygens (including phenoxy) is 1. The summed E-state index contributed by atoms with van der Waals surface area (Å²) in [5.41, 5.74) is 5.52. The molecular weight excluding hydrogens is 186 g/mol. The Morgan fingerprint density at radius 2 is 2.50 bits per heavy atom. The van der Waals surface area contributed by atoms with Gasteiger partial charge in [-0.1, -0.05) is 5.16 Å². The fourth-order valence-corrected chi connectivity index (χ4v) is 1.39. The van der Waals surface area contributed by atoms with E-state index in [0.29, 0.717) is 5.82 Å². The molecule has 1 aliphatic heterocycles. The van der Waals surface area contributed by atoms with E-state index in [2.05, 4.69) is 10.1 Å². The van der Waals surface area contributed by atoms with E-state index in [4.69, 9.17) is 20.1 Å². The molecule has 0 amide bonds.